The van der Waals surface area contributed by atoms with Crippen LogP contribution in [0.2, 0.25) is 0 Å². The molecule has 0 amide bonds. The zero-order valence-electron chi connectivity index (χ0n) is 8.77. The third-order valence-corrected chi connectivity index (χ3v) is 2.73. The highest BCUT2D eigenvalue weighted by atomic mass is 16.3. The average Bonchev–Trinajstić information content (AvgIpc) is 2.61. The summed E-state index contributed by atoms with van der Waals surface area (Å²) < 4.78 is 1.92. The molecule has 1 aliphatic rings. The zero-order chi connectivity index (χ0) is 10.1. The van der Waals surface area contributed by atoms with Crippen LogP contribution < -0.4 is 0 Å². The molecule has 4 nitrogen and oxygen atoms in total. The lowest BCUT2D eigenvalue weighted by Crippen LogP contribution is -2.22. The largest absolute Gasteiger partial charge is 0.392 e. The van der Waals surface area contributed by atoms with Crippen molar-refractivity contribution in [3.05, 3.63) is 17.5 Å². The third kappa shape index (κ3) is 1.96. The van der Waals surface area contributed by atoms with Gasteiger partial charge in [-0.15, -0.1) is 0 Å². The highest BCUT2D eigenvalue weighted by Gasteiger charge is 2.20. The van der Waals surface area contributed by atoms with Crippen LogP contribution in [-0.2, 0) is 13.6 Å². The second-order valence-corrected chi connectivity index (χ2v) is 4.08. The minimum Gasteiger partial charge on any atom is -0.392 e. The van der Waals surface area contributed by atoms with Gasteiger partial charge in [0.1, 0.15) is 0 Å². The number of aliphatic hydroxyl groups is 1. The number of rotatable bonds is 2. The van der Waals surface area contributed by atoms with Gasteiger partial charge in [-0.25, -0.2) is 0 Å². The summed E-state index contributed by atoms with van der Waals surface area (Å²) in [4.78, 5) is 2.26. The Morgan fingerprint density at radius 2 is 2.43 bits per heavy atom. The fourth-order valence-electron chi connectivity index (χ4n) is 2.00. The summed E-state index contributed by atoms with van der Waals surface area (Å²) in [5.74, 6) is 0. The van der Waals surface area contributed by atoms with Crippen molar-refractivity contribution < 1.29 is 5.11 Å². The normalized spacial score (nSPS) is 23.2. The number of aryl methyl sites for hydroxylation is 2. The van der Waals surface area contributed by atoms with Gasteiger partial charge in [-0.05, 0) is 19.4 Å². The Morgan fingerprint density at radius 3 is 2.93 bits per heavy atom. The molecule has 0 radical (unpaired) electrons. The second kappa shape index (κ2) is 3.71. The fraction of sp³-hybridized carbons (Fsp3) is 0.700. The monoisotopic (exact) mass is 195 g/mol. The molecule has 2 rings (SSSR count). The molecule has 78 valence electrons. The molecule has 2 heterocycles. The van der Waals surface area contributed by atoms with E-state index in [1.165, 1.54) is 5.69 Å². The standard InChI is InChI=1S/C10H17N3O/c1-8-5-9(12(2)11-8)6-13-4-3-10(14)7-13/h5,10,14H,3-4,6-7H2,1-2H3/t10-/m0/s1. The van der Waals surface area contributed by atoms with Gasteiger partial charge in [-0.1, -0.05) is 0 Å². The zero-order valence-corrected chi connectivity index (χ0v) is 8.77. The van der Waals surface area contributed by atoms with E-state index in [1.54, 1.807) is 0 Å². The molecule has 0 unspecified atom stereocenters. The van der Waals surface area contributed by atoms with Crippen molar-refractivity contribution >= 4 is 0 Å². The molecular formula is C10H17N3O. The van der Waals surface area contributed by atoms with Crippen molar-refractivity contribution in [1.82, 2.24) is 14.7 Å². The first-order valence-corrected chi connectivity index (χ1v) is 5.05. The van der Waals surface area contributed by atoms with E-state index in [2.05, 4.69) is 16.1 Å². The van der Waals surface area contributed by atoms with E-state index in [-0.39, 0.29) is 6.10 Å². The van der Waals surface area contributed by atoms with Gasteiger partial charge >= 0.3 is 0 Å². The number of likely N-dealkylation sites (tertiary alicyclic amines) is 1. The van der Waals surface area contributed by atoms with Crippen LogP contribution in [0.1, 0.15) is 17.8 Å². The summed E-state index contributed by atoms with van der Waals surface area (Å²) in [5, 5.41) is 13.7. The minimum atomic E-state index is -0.135. The average molecular weight is 195 g/mol. The van der Waals surface area contributed by atoms with E-state index in [9.17, 15) is 5.11 Å². The predicted octanol–water partition coefficient (Wildman–Crippen LogP) is 0.295. The summed E-state index contributed by atoms with van der Waals surface area (Å²) in [6, 6.07) is 2.10. The molecule has 0 saturated carbocycles. The van der Waals surface area contributed by atoms with E-state index in [0.29, 0.717) is 0 Å². The SMILES string of the molecule is Cc1cc(CN2CC[C@H](O)C2)n(C)n1. The third-order valence-electron chi connectivity index (χ3n) is 2.73. The molecule has 1 aliphatic heterocycles. The number of nitrogens with zero attached hydrogens (tertiary/aromatic N) is 3. The molecule has 0 aliphatic carbocycles. The topological polar surface area (TPSA) is 41.3 Å². The van der Waals surface area contributed by atoms with Crippen LogP contribution in [0.5, 0.6) is 0 Å². The predicted molar refractivity (Wildman–Crippen MR) is 53.8 cm³/mol. The van der Waals surface area contributed by atoms with E-state index in [0.717, 1.165) is 31.7 Å². The van der Waals surface area contributed by atoms with Gasteiger partial charge in [0.2, 0.25) is 0 Å². The summed E-state index contributed by atoms with van der Waals surface area (Å²) >= 11 is 0. The van der Waals surface area contributed by atoms with Crippen LogP contribution in [0.25, 0.3) is 0 Å². The van der Waals surface area contributed by atoms with E-state index < -0.39 is 0 Å². The van der Waals surface area contributed by atoms with Gasteiger partial charge in [0.05, 0.1) is 17.5 Å². The fourth-order valence-corrected chi connectivity index (χ4v) is 2.00. The Bertz CT molecular complexity index is 321. The highest BCUT2D eigenvalue weighted by molar-refractivity contribution is 5.08. The molecule has 0 bridgehead atoms. The maximum atomic E-state index is 9.39. The Morgan fingerprint density at radius 1 is 1.64 bits per heavy atom. The van der Waals surface area contributed by atoms with Crippen LogP contribution in [0, 0.1) is 6.92 Å². The van der Waals surface area contributed by atoms with Gasteiger partial charge in [0, 0.05) is 26.7 Å². The van der Waals surface area contributed by atoms with Gasteiger partial charge in [0.15, 0.2) is 0 Å². The van der Waals surface area contributed by atoms with Gasteiger partial charge in [-0.2, -0.15) is 5.10 Å². The summed E-state index contributed by atoms with van der Waals surface area (Å²) in [6.45, 7) is 4.69. The second-order valence-electron chi connectivity index (χ2n) is 4.08. The summed E-state index contributed by atoms with van der Waals surface area (Å²) in [6.07, 6.45) is 0.765. The number of hydrogen-bond acceptors (Lipinski definition) is 3. The molecular weight excluding hydrogens is 178 g/mol. The van der Waals surface area contributed by atoms with Gasteiger partial charge in [-0.3, -0.25) is 9.58 Å². The van der Waals surface area contributed by atoms with Crippen molar-refractivity contribution in [2.45, 2.75) is 26.0 Å². The molecule has 1 fully saturated rings. The van der Waals surface area contributed by atoms with Crippen molar-refractivity contribution in [3.8, 4) is 0 Å². The Balaban J connectivity index is 2.00. The molecule has 1 aromatic rings. The molecule has 1 atom stereocenters. The lowest BCUT2D eigenvalue weighted by Gasteiger charge is -2.14. The minimum absolute atomic E-state index is 0.135. The van der Waals surface area contributed by atoms with Crippen molar-refractivity contribution in [1.29, 1.82) is 0 Å². The molecule has 1 aromatic heterocycles. The molecule has 0 aromatic carbocycles. The van der Waals surface area contributed by atoms with Crippen LogP contribution in [-0.4, -0.2) is 39.0 Å². The van der Waals surface area contributed by atoms with Crippen LogP contribution >= 0.6 is 0 Å². The number of β-amino-alcohol motifs (C(OH)–C–C–N with tert-alkyl or cyclic N) is 1. The summed E-state index contributed by atoms with van der Waals surface area (Å²) in [7, 11) is 1.97. The first-order chi connectivity index (χ1) is 6.65. The van der Waals surface area contributed by atoms with E-state index in [1.807, 2.05) is 18.7 Å². The Kier molecular flexibility index (Phi) is 2.56. The number of aromatic nitrogens is 2. The van der Waals surface area contributed by atoms with Crippen molar-refractivity contribution in [2.24, 2.45) is 7.05 Å². The molecule has 1 saturated heterocycles. The first-order valence-electron chi connectivity index (χ1n) is 5.05. The molecule has 1 N–H and O–H groups in total. The van der Waals surface area contributed by atoms with Crippen molar-refractivity contribution in [3.63, 3.8) is 0 Å². The Labute approximate surface area is 84.1 Å². The quantitative estimate of drug-likeness (QED) is 0.737. The van der Waals surface area contributed by atoms with Crippen LogP contribution in [0.4, 0.5) is 0 Å². The Hall–Kier alpha value is -0.870. The maximum Gasteiger partial charge on any atom is 0.0679 e. The molecule has 4 heteroatoms. The molecule has 0 spiro atoms. The smallest absolute Gasteiger partial charge is 0.0679 e. The number of hydrogen-bond donors (Lipinski definition) is 1. The van der Waals surface area contributed by atoms with Crippen molar-refractivity contribution in [2.75, 3.05) is 13.1 Å². The van der Waals surface area contributed by atoms with E-state index in [4.69, 9.17) is 0 Å². The van der Waals surface area contributed by atoms with Crippen LogP contribution in [0.3, 0.4) is 0 Å². The van der Waals surface area contributed by atoms with Gasteiger partial charge < -0.3 is 5.11 Å². The summed E-state index contributed by atoms with van der Waals surface area (Å²) in [5.41, 5.74) is 2.28. The van der Waals surface area contributed by atoms with Gasteiger partial charge in [0.25, 0.3) is 0 Å². The molecule has 14 heavy (non-hydrogen) atoms. The lowest BCUT2D eigenvalue weighted by molar-refractivity contribution is 0.174. The van der Waals surface area contributed by atoms with Crippen LogP contribution in [0.15, 0.2) is 6.07 Å². The highest BCUT2D eigenvalue weighted by Crippen LogP contribution is 2.13. The lowest BCUT2D eigenvalue weighted by atomic mass is 10.3. The maximum absolute atomic E-state index is 9.39. The first kappa shape index (κ1) is 9.68. The number of aliphatic hydroxyl groups excluding tert-OH is 1. The van der Waals surface area contributed by atoms with E-state index >= 15 is 0 Å².